The molecule has 0 bridgehead atoms. The van der Waals surface area contributed by atoms with Crippen molar-refractivity contribution in [3.8, 4) is 0 Å². The van der Waals surface area contributed by atoms with Crippen LogP contribution in [0.2, 0.25) is 0 Å². The Labute approximate surface area is 134 Å². The zero-order valence-corrected chi connectivity index (χ0v) is 13.2. The van der Waals surface area contributed by atoms with Crippen molar-refractivity contribution in [1.82, 2.24) is 15.0 Å². The number of piperazine rings is 1. The minimum absolute atomic E-state index is 0.0512. The van der Waals surface area contributed by atoms with Crippen molar-refractivity contribution in [1.29, 1.82) is 0 Å². The monoisotopic (exact) mass is 313 g/mol. The lowest BCUT2D eigenvalue weighted by Crippen LogP contribution is -2.57. The van der Waals surface area contributed by atoms with Crippen molar-refractivity contribution >= 4 is 11.8 Å². The van der Waals surface area contributed by atoms with Crippen LogP contribution in [-0.4, -0.2) is 39.4 Å². The quantitative estimate of drug-likeness (QED) is 0.862. The number of aromatic nitrogens is 1. The molecule has 1 aliphatic rings. The maximum Gasteiger partial charge on any atom is 0.245 e. The molecule has 3 rings (SSSR count). The fourth-order valence-electron chi connectivity index (χ4n) is 2.77. The predicted molar refractivity (Wildman–Crippen MR) is 83.1 cm³/mol. The van der Waals surface area contributed by atoms with E-state index in [0.29, 0.717) is 12.3 Å². The Morgan fingerprint density at radius 1 is 1.22 bits per heavy atom. The molecule has 0 unspecified atom stereocenters. The van der Waals surface area contributed by atoms with E-state index in [1.165, 1.54) is 0 Å². The Balaban J connectivity index is 1.71. The fourth-order valence-corrected chi connectivity index (χ4v) is 2.77. The van der Waals surface area contributed by atoms with Gasteiger partial charge < -0.3 is 14.3 Å². The number of hydrogen-bond donors (Lipinski definition) is 0. The van der Waals surface area contributed by atoms with Gasteiger partial charge >= 0.3 is 0 Å². The summed E-state index contributed by atoms with van der Waals surface area (Å²) in [5, 5.41) is 3.81. The average Bonchev–Trinajstić information content (AvgIpc) is 2.95. The second-order valence-electron chi connectivity index (χ2n) is 5.81. The van der Waals surface area contributed by atoms with Gasteiger partial charge in [0, 0.05) is 12.6 Å². The van der Waals surface area contributed by atoms with Gasteiger partial charge in [0.15, 0.2) is 5.76 Å². The van der Waals surface area contributed by atoms with Gasteiger partial charge in [0.25, 0.3) is 0 Å². The highest BCUT2D eigenvalue weighted by atomic mass is 16.5. The van der Waals surface area contributed by atoms with Crippen molar-refractivity contribution in [2.75, 3.05) is 6.54 Å². The van der Waals surface area contributed by atoms with E-state index in [1.54, 1.807) is 22.8 Å². The maximum atomic E-state index is 12.6. The van der Waals surface area contributed by atoms with Crippen LogP contribution in [0.1, 0.15) is 23.9 Å². The molecule has 0 aliphatic carbocycles. The van der Waals surface area contributed by atoms with Gasteiger partial charge in [0.05, 0.1) is 12.2 Å². The molecule has 0 radical (unpaired) electrons. The van der Waals surface area contributed by atoms with Crippen molar-refractivity contribution in [2.24, 2.45) is 0 Å². The van der Waals surface area contributed by atoms with E-state index in [0.717, 1.165) is 11.3 Å². The zero-order valence-electron chi connectivity index (χ0n) is 13.2. The minimum atomic E-state index is -0.509. The van der Waals surface area contributed by atoms with Crippen molar-refractivity contribution in [2.45, 2.75) is 33.0 Å². The summed E-state index contributed by atoms with van der Waals surface area (Å²) in [6.45, 7) is 4.38. The lowest BCUT2D eigenvalue weighted by atomic mass is 10.1. The summed E-state index contributed by atoms with van der Waals surface area (Å²) in [4.78, 5) is 28.1. The Kier molecular flexibility index (Phi) is 4.14. The van der Waals surface area contributed by atoms with E-state index in [9.17, 15) is 9.59 Å². The third-order valence-electron chi connectivity index (χ3n) is 4.00. The Bertz CT molecular complexity index is 711. The molecule has 1 aromatic carbocycles. The van der Waals surface area contributed by atoms with Crippen LogP contribution >= 0.6 is 0 Å². The molecule has 1 saturated heterocycles. The molecule has 1 aliphatic heterocycles. The van der Waals surface area contributed by atoms with E-state index in [4.69, 9.17) is 4.52 Å². The molecule has 120 valence electrons. The Morgan fingerprint density at radius 3 is 2.61 bits per heavy atom. The van der Waals surface area contributed by atoms with Crippen LogP contribution in [0, 0.1) is 6.92 Å². The van der Waals surface area contributed by atoms with E-state index in [1.807, 2.05) is 37.3 Å². The van der Waals surface area contributed by atoms with Crippen LogP contribution in [0.3, 0.4) is 0 Å². The maximum absolute atomic E-state index is 12.6. The molecule has 1 atom stereocenters. The molecule has 1 aromatic heterocycles. The molecule has 6 heteroatoms. The topological polar surface area (TPSA) is 66.7 Å². The summed E-state index contributed by atoms with van der Waals surface area (Å²) in [6.07, 6.45) is 0. The first kappa shape index (κ1) is 15.3. The molecular formula is C17H19N3O3. The molecule has 1 fully saturated rings. The lowest BCUT2D eigenvalue weighted by molar-refractivity contribution is -0.156. The second-order valence-corrected chi connectivity index (χ2v) is 5.81. The number of aryl methyl sites for hydroxylation is 1. The Hall–Kier alpha value is -2.63. The highest BCUT2D eigenvalue weighted by Gasteiger charge is 2.36. The molecule has 23 heavy (non-hydrogen) atoms. The van der Waals surface area contributed by atoms with E-state index >= 15 is 0 Å². The number of hydrogen-bond acceptors (Lipinski definition) is 4. The second kappa shape index (κ2) is 6.24. The largest absolute Gasteiger partial charge is 0.359 e. The Morgan fingerprint density at radius 2 is 1.96 bits per heavy atom. The van der Waals surface area contributed by atoms with Gasteiger partial charge in [-0.2, -0.15) is 0 Å². The first-order chi connectivity index (χ1) is 11.0. The van der Waals surface area contributed by atoms with E-state index in [2.05, 4.69) is 5.16 Å². The normalized spacial score (nSPS) is 18.6. The first-order valence-electron chi connectivity index (χ1n) is 7.59. The number of carbonyl (C=O) groups excluding carboxylic acids is 2. The summed E-state index contributed by atoms with van der Waals surface area (Å²) >= 11 is 0. The molecule has 2 heterocycles. The molecule has 2 aromatic rings. The van der Waals surface area contributed by atoms with Gasteiger partial charge in [-0.15, -0.1) is 0 Å². The van der Waals surface area contributed by atoms with Gasteiger partial charge in [0.2, 0.25) is 11.8 Å². The lowest BCUT2D eigenvalue weighted by Gasteiger charge is -2.38. The molecule has 0 spiro atoms. The van der Waals surface area contributed by atoms with Crippen LogP contribution in [0.25, 0.3) is 0 Å². The predicted octanol–water partition coefficient (Wildman–Crippen LogP) is 1.74. The zero-order chi connectivity index (χ0) is 16.4. The van der Waals surface area contributed by atoms with Crippen LogP contribution in [0.15, 0.2) is 40.9 Å². The third kappa shape index (κ3) is 3.26. The van der Waals surface area contributed by atoms with Gasteiger partial charge in [-0.1, -0.05) is 35.5 Å². The number of amides is 2. The SMILES string of the molecule is Cc1cc(CN2C(=O)CN(Cc3ccccc3)C(=O)[C@@H]2C)on1. The van der Waals surface area contributed by atoms with Gasteiger partial charge in [-0.3, -0.25) is 9.59 Å². The van der Waals surface area contributed by atoms with Crippen LogP contribution in [0.5, 0.6) is 0 Å². The van der Waals surface area contributed by atoms with Gasteiger partial charge in [-0.05, 0) is 19.4 Å². The van der Waals surface area contributed by atoms with E-state index < -0.39 is 6.04 Å². The third-order valence-corrected chi connectivity index (χ3v) is 4.00. The summed E-state index contributed by atoms with van der Waals surface area (Å²) in [5.74, 6) is 0.457. The van der Waals surface area contributed by atoms with Gasteiger partial charge in [-0.25, -0.2) is 0 Å². The average molecular weight is 313 g/mol. The van der Waals surface area contributed by atoms with Crippen LogP contribution in [-0.2, 0) is 22.7 Å². The summed E-state index contributed by atoms with van der Waals surface area (Å²) in [7, 11) is 0. The standard InChI is InChI=1S/C17H19N3O3/c1-12-8-15(23-18-12)10-20-13(2)17(22)19(11-16(20)21)9-14-6-4-3-5-7-14/h3-8,13H,9-11H2,1-2H3/t13-/m0/s1. The number of carbonyl (C=O) groups is 2. The van der Waals surface area contributed by atoms with E-state index in [-0.39, 0.29) is 24.9 Å². The van der Waals surface area contributed by atoms with Crippen LogP contribution < -0.4 is 0 Å². The number of benzene rings is 1. The smallest absolute Gasteiger partial charge is 0.245 e. The number of rotatable bonds is 4. The first-order valence-corrected chi connectivity index (χ1v) is 7.59. The number of nitrogens with zero attached hydrogens (tertiary/aromatic N) is 3. The fraction of sp³-hybridized carbons (Fsp3) is 0.353. The minimum Gasteiger partial charge on any atom is -0.359 e. The van der Waals surface area contributed by atoms with Crippen LogP contribution in [0.4, 0.5) is 0 Å². The molecule has 6 nitrogen and oxygen atoms in total. The summed E-state index contributed by atoms with van der Waals surface area (Å²) in [6, 6.07) is 10.9. The molecule has 0 N–H and O–H groups in total. The van der Waals surface area contributed by atoms with Crippen molar-refractivity contribution in [3.05, 3.63) is 53.4 Å². The van der Waals surface area contributed by atoms with Gasteiger partial charge in [0.1, 0.15) is 12.6 Å². The van der Waals surface area contributed by atoms with Crippen molar-refractivity contribution in [3.63, 3.8) is 0 Å². The highest BCUT2D eigenvalue weighted by molar-refractivity contribution is 5.94. The highest BCUT2D eigenvalue weighted by Crippen LogP contribution is 2.18. The van der Waals surface area contributed by atoms with Crippen molar-refractivity contribution < 1.29 is 14.1 Å². The summed E-state index contributed by atoms with van der Waals surface area (Å²) in [5.41, 5.74) is 1.77. The summed E-state index contributed by atoms with van der Waals surface area (Å²) < 4.78 is 5.15. The molecule has 0 saturated carbocycles. The molecular weight excluding hydrogens is 294 g/mol. The molecule has 2 amide bonds.